The third-order valence-electron chi connectivity index (χ3n) is 3.55. The van der Waals surface area contributed by atoms with Gasteiger partial charge in [-0.25, -0.2) is 4.99 Å². The third-order valence-corrected chi connectivity index (χ3v) is 3.55. The van der Waals surface area contributed by atoms with Crippen LogP contribution in [-0.2, 0) is 11.3 Å². The monoisotopic (exact) mass is 335 g/mol. The number of rotatable bonds is 11. The van der Waals surface area contributed by atoms with Gasteiger partial charge in [0.2, 0.25) is 0 Å². The molecule has 0 fully saturated rings. The van der Waals surface area contributed by atoms with Crippen molar-refractivity contribution in [3.8, 4) is 5.75 Å². The Morgan fingerprint density at radius 3 is 2.46 bits per heavy atom. The molecule has 0 aliphatic heterocycles. The molecule has 0 saturated carbocycles. The van der Waals surface area contributed by atoms with Crippen molar-refractivity contribution in [2.75, 3.05) is 33.4 Å². The molecule has 0 amide bonds. The molecule has 0 aromatic heterocycles. The molecule has 0 radical (unpaired) electrons. The van der Waals surface area contributed by atoms with Gasteiger partial charge in [-0.2, -0.15) is 0 Å². The fourth-order valence-corrected chi connectivity index (χ4v) is 2.08. The molecule has 0 aliphatic carbocycles. The molecule has 24 heavy (non-hydrogen) atoms. The molecule has 1 rings (SSSR count). The lowest BCUT2D eigenvalue weighted by Gasteiger charge is -2.13. The van der Waals surface area contributed by atoms with Crippen LogP contribution in [0.2, 0.25) is 0 Å². The van der Waals surface area contributed by atoms with Crippen molar-refractivity contribution in [2.45, 2.75) is 40.2 Å². The van der Waals surface area contributed by atoms with Crippen molar-refractivity contribution in [3.05, 3.63) is 29.8 Å². The molecule has 136 valence electrons. The Morgan fingerprint density at radius 1 is 1.12 bits per heavy atom. The van der Waals surface area contributed by atoms with E-state index >= 15 is 0 Å². The van der Waals surface area contributed by atoms with Crippen molar-refractivity contribution >= 4 is 5.96 Å². The summed E-state index contributed by atoms with van der Waals surface area (Å²) in [5.74, 6) is 2.41. The molecule has 0 bridgehead atoms. The molecular weight excluding hydrogens is 302 g/mol. The topological polar surface area (TPSA) is 54.9 Å². The molecule has 5 nitrogen and oxygen atoms in total. The van der Waals surface area contributed by atoms with Crippen LogP contribution in [0.5, 0.6) is 5.75 Å². The van der Waals surface area contributed by atoms with Crippen LogP contribution < -0.4 is 15.4 Å². The van der Waals surface area contributed by atoms with Crippen molar-refractivity contribution in [1.82, 2.24) is 10.6 Å². The van der Waals surface area contributed by atoms with Gasteiger partial charge in [-0.15, -0.1) is 0 Å². The Morgan fingerprint density at radius 2 is 1.83 bits per heavy atom. The predicted molar refractivity (Wildman–Crippen MR) is 101 cm³/mol. The van der Waals surface area contributed by atoms with Crippen LogP contribution in [-0.4, -0.2) is 39.4 Å². The van der Waals surface area contributed by atoms with Gasteiger partial charge in [0, 0.05) is 26.3 Å². The third kappa shape index (κ3) is 9.40. The molecule has 0 saturated heterocycles. The van der Waals surface area contributed by atoms with E-state index in [1.54, 1.807) is 7.11 Å². The zero-order chi connectivity index (χ0) is 17.6. The number of ether oxygens (including phenoxy) is 2. The minimum Gasteiger partial charge on any atom is -0.497 e. The molecule has 2 N–H and O–H groups in total. The van der Waals surface area contributed by atoms with E-state index in [4.69, 9.17) is 9.47 Å². The summed E-state index contributed by atoms with van der Waals surface area (Å²) in [4.78, 5) is 4.68. The van der Waals surface area contributed by atoms with Crippen LogP contribution in [0.4, 0.5) is 0 Å². The number of nitrogens with one attached hydrogen (secondary N) is 2. The average molecular weight is 335 g/mol. The fourth-order valence-electron chi connectivity index (χ4n) is 2.08. The van der Waals surface area contributed by atoms with Crippen LogP contribution in [0.15, 0.2) is 29.3 Å². The maximum atomic E-state index is 5.37. The van der Waals surface area contributed by atoms with Crippen molar-refractivity contribution in [2.24, 2.45) is 10.9 Å². The Kier molecular flexibility index (Phi) is 10.7. The number of benzene rings is 1. The Labute approximate surface area is 146 Å². The second-order valence-corrected chi connectivity index (χ2v) is 6.10. The summed E-state index contributed by atoms with van der Waals surface area (Å²) in [5, 5.41) is 6.79. The molecular formula is C19H33N3O2. The van der Waals surface area contributed by atoms with Crippen molar-refractivity contribution < 1.29 is 9.47 Å². The van der Waals surface area contributed by atoms with Gasteiger partial charge in [-0.05, 0) is 43.4 Å². The molecule has 0 spiro atoms. The molecule has 5 heteroatoms. The van der Waals surface area contributed by atoms with Gasteiger partial charge in [0.05, 0.1) is 13.7 Å². The second kappa shape index (κ2) is 12.6. The average Bonchev–Trinajstić information content (AvgIpc) is 2.59. The lowest BCUT2D eigenvalue weighted by atomic mass is 10.1. The Balaban J connectivity index is 2.49. The maximum absolute atomic E-state index is 5.37. The van der Waals surface area contributed by atoms with Crippen LogP contribution in [0, 0.1) is 5.92 Å². The van der Waals surface area contributed by atoms with Gasteiger partial charge in [-0.3, -0.25) is 0 Å². The van der Waals surface area contributed by atoms with Crippen LogP contribution >= 0.6 is 0 Å². The summed E-state index contributed by atoms with van der Waals surface area (Å²) in [6.07, 6.45) is 2.10. The van der Waals surface area contributed by atoms with E-state index in [0.29, 0.717) is 12.5 Å². The first-order valence-electron chi connectivity index (χ1n) is 8.88. The van der Waals surface area contributed by atoms with Crippen molar-refractivity contribution in [3.63, 3.8) is 0 Å². The van der Waals surface area contributed by atoms with E-state index in [9.17, 15) is 0 Å². The summed E-state index contributed by atoms with van der Waals surface area (Å²) in [5.41, 5.74) is 1.16. The number of aliphatic imine (C=N–C) groups is 1. The number of methoxy groups -OCH3 is 1. The Bertz CT molecular complexity index is 458. The van der Waals surface area contributed by atoms with Crippen LogP contribution in [0.1, 0.15) is 39.2 Å². The summed E-state index contributed by atoms with van der Waals surface area (Å²) < 4.78 is 10.6. The minimum absolute atomic E-state index is 0.645. The van der Waals surface area contributed by atoms with E-state index in [-0.39, 0.29) is 0 Å². The van der Waals surface area contributed by atoms with Crippen LogP contribution in [0.25, 0.3) is 0 Å². The van der Waals surface area contributed by atoms with Gasteiger partial charge in [0.25, 0.3) is 0 Å². The SMILES string of the molecule is CCOCCCNC(=NCc1ccc(OC)cc1)NCCC(C)C. The first kappa shape index (κ1) is 20.3. The van der Waals surface area contributed by atoms with Gasteiger partial charge in [0.15, 0.2) is 5.96 Å². The van der Waals surface area contributed by atoms with E-state index in [1.807, 2.05) is 31.2 Å². The summed E-state index contributed by atoms with van der Waals surface area (Å²) in [6, 6.07) is 8.02. The van der Waals surface area contributed by atoms with E-state index in [0.717, 1.165) is 56.4 Å². The lowest BCUT2D eigenvalue weighted by Crippen LogP contribution is -2.39. The molecule has 0 aliphatic rings. The molecule has 1 aromatic carbocycles. The number of nitrogens with zero attached hydrogens (tertiary/aromatic N) is 1. The maximum Gasteiger partial charge on any atom is 0.191 e. The number of guanidine groups is 1. The predicted octanol–water partition coefficient (Wildman–Crippen LogP) is 3.20. The zero-order valence-corrected chi connectivity index (χ0v) is 15.6. The summed E-state index contributed by atoms with van der Waals surface area (Å²) in [6.45, 7) is 10.5. The normalized spacial score (nSPS) is 11.6. The highest BCUT2D eigenvalue weighted by molar-refractivity contribution is 5.79. The summed E-state index contributed by atoms with van der Waals surface area (Å²) >= 11 is 0. The smallest absolute Gasteiger partial charge is 0.191 e. The highest BCUT2D eigenvalue weighted by Crippen LogP contribution is 2.11. The molecule has 0 atom stereocenters. The van der Waals surface area contributed by atoms with Gasteiger partial charge in [0.1, 0.15) is 5.75 Å². The lowest BCUT2D eigenvalue weighted by molar-refractivity contribution is 0.145. The highest BCUT2D eigenvalue weighted by Gasteiger charge is 2.01. The zero-order valence-electron chi connectivity index (χ0n) is 15.6. The quantitative estimate of drug-likeness (QED) is 0.370. The largest absolute Gasteiger partial charge is 0.497 e. The number of hydrogen-bond acceptors (Lipinski definition) is 3. The number of hydrogen-bond donors (Lipinski definition) is 2. The molecule has 0 heterocycles. The van der Waals surface area contributed by atoms with E-state index in [1.165, 1.54) is 0 Å². The second-order valence-electron chi connectivity index (χ2n) is 6.10. The standard InChI is InChI=1S/C19H33N3O2/c1-5-24-14-6-12-20-19(21-13-11-16(2)3)22-15-17-7-9-18(23-4)10-8-17/h7-10,16H,5-6,11-15H2,1-4H3,(H2,20,21,22). The van der Waals surface area contributed by atoms with E-state index < -0.39 is 0 Å². The Hall–Kier alpha value is -1.75. The fraction of sp³-hybridized carbons (Fsp3) is 0.632. The van der Waals surface area contributed by atoms with Crippen LogP contribution in [0.3, 0.4) is 0 Å². The molecule has 1 aromatic rings. The van der Waals surface area contributed by atoms with Crippen molar-refractivity contribution in [1.29, 1.82) is 0 Å². The highest BCUT2D eigenvalue weighted by atomic mass is 16.5. The first-order valence-corrected chi connectivity index (χ1v) is 8.88. The first-order chi connectivity index (χ1) is 11.7. The summed E-state index contributed by atoms with van der Waals surface area (Å²) in [7, 11) is 1.68. The van der Waals surface area contributed by atoms with E-state index in [2.05, 4.69) is 29.5 Å². The minimum atomic E-state index is 0.645. The van der Waals surface area contributed by atoms with Gasteiger partial charge >= 0.3 is 0 Å². The van der Waals surface area contributed by atoms with Gasteiger partial charge in [-0.1, -0.05) is 26.0 Å². The molecule has 0 unspecified atom stereocenters. The van der Waals surface area contributed by atoms with Gasteiger partial charge < -0.3 is 20.1 Å².